The van der Waals surface area contributed by atoms with Crippen LogP contribution in [0, 0.1) is 0 Å². The van der Waals surface area contributed by atoms with Gasteiger partial charge in [0, 0.05) is 36.1 Å². The molecule has 1 aliphatic heterocycles. The van der Waals surface area contributed by atoms with Crippen LogP contribution in [-0.2, 0) is 15.0 Å². The van der Waals surface area contributed by atoms with Gasteiger partial charge in [0.05, 0.1) is 5.41 Å². The Bertz CT molecular complexity index is 546. The maximum absolute atomic E-state index is 12.5. The third kappa shape index (κ3) is 1.46. The second-order valence-electron chi connectivity index (χ2n) is 5.01. The molecule has 1 aromatic rings. The van der Waals surface area contributed by atoms with Crippen molar-refractivity contribution in [1.29, 1.82) is 0 Å². The number of ketones is 1. The van der Waals surface area contributed by atoms with Crippen molar-refractivity contribution < 1.29 is 9.59 Å². The number of anilines is 1. The van der Waals surface area contributed by atoms with Gasteiger partial charge in [0.15, 0.2) is 0 Å². The van der Waals surface area contributed by atoms with Gasteiger partial charge < -0.3 is 0 Å². The van der Waals surface area contributed by atoms with Gasteiger partial charge in [0.2, 0.25) is 5.91 Å². The molecule has 1 spiro atoms. The monoisotopic (exact) mass is 308 g/mol. The minimum Gasteiger partial charge on any atom is -0.300 e. The van der Waals surface area contributed by atoms with E-state index < -0.39 is 5.41 Å². The molecule has 0 N–H and O–H groups in total. The molecule has 5 heteroatoms. The predicted molar refractivity (Wildman–Crippen MR) is 70.5 cm³/mol. The van der Waals surface area contributed by atoms with Gasteiger partial charge in [-0.2, -0.15) is 0 Å². The first kappa shape index (κ1) is 11.8. The summed E-state index contributed by atoms with van der Waals surface area (Å²) in [6.45, 7) is 0. The summed E-state index contributed by atoms with van der Waals surface area (Å²) in [6.07, 6.45) is 3.91. The van der Waals surface area contributed by atoms with Gasteiger partial charge in [0.1, 0.15) is 11.6 Å². The van der Waals surface area contributed by atoms with E-state index in [-0.39, 0.29) is 11.7 Å². The van der Waals surface area contributed by atoms with Crippen molar-refractivity contribution in [3.63, 3.8) is 0 Å². The largest absolute Gasteiger partial charge is 0.300 e. The Kier molecular flexibility index (Phi) is 2.55. The predicted octanol–water partition coefficient (Wildman–Crippen LogP) is 2.20. The molecular weight excluding hydrogens is 296 g/mol. The summed E-state index contributed by atoms with van der Waals surface area (Å²) in [5.41, 5.74) is 0.450. The van der Waals surface area contributed by atoms with E-state index in [1.165, 1.54) is 0 Å². The van der Waals surface area contributed by atoms with E-state index in [0.29, 0.717) is 25.7 Å². The van der Waals surface area contributed by atoms with E-state index in [1.807, 2.05) is 6.07 Å². The molecule has 0 atom stereocenters. The molecule has 1 aliphatic carbocycles. The van der Waals surface area contributed by atoms with E-state index in [9.17, 15) is 9.59 Å². The number of hydrogen-bond donors (Lipinski definition) is 0. The maximum Gasteiger partial charge on any atom is 0.238 e. The molecule has 1 amide bonds. The number of halogens is 1. The summed E-state index contributed by atoms with van der Waals surface area (Å²) in [4.78, 5) is 29.9. The molecule has 2 heterocycles. The Morgan fingerprint density at radius 3 is 2.67 bits per heavy atom. The van der Waals surface area contributed by atoms with Gasteiger partial charge in [0.25, 0.3) is 0 Å². The summed E-state index contributed by atoms with van der Waals surface area (Å²) < 4.78 is 0.876. The Labute approximate surface area is 114 Å². The number of carbonyl (C=O) groups excluding carboxylic acids is 2. The van der Waals surface area contributed by atoms with Gasteiger partial charge in [-0.3, -0.25) is 14.5 Å². The van der Waals surface area contributed by atoms with Gasteiger partial charge in [-0.15, -0.1) is 0 Å². The topological polar surface area (TPSA) is 50.3 Å². The normalized spacial score (nSPS) is 21.6. The summed E-state index contributed by atoms with van der Waals surface area (Å²) in [5.74, 6) is 1.07. The molecule has 0 saturated heterocycles. The number of amides is 1. The van der Waals surface area contributed by atoms with Gasteiger partial charge in [-0.1, -0.05) is 0 Å². The molecule has 1 fully saturated rings. The first-order chi connectivity index (χ1) is 8.54. The van der Waals surface area contributed by atoms with Crippen LogP contribution in [0.2, 0.25) is 0 Å². The van der Waals surface area contributed by atoms with Crippen LogP contribution in [0.3, 0.4) is 0 Å². The molecule has 0 bridgehead atoms. The van der Waals surface area contributed by atoms with Crippen LogP contribution in [0.15, 0.2) is 16.7 Å². The van der Waals surface area contributed by atoms with Crippen LogP contribution in [0.25, 0.3) is 0 Å². The van der Waals surface area contributed by atoms with Crippen LogP contribution in [0.5, 0.6) is 0 Å². The highest BCUT2D eigenvalue weighted by Crippen LogP contribution is 2.48. The zero-order chi connectivity index (χ0) is 12.9. The number of aromatic nitrogens is 1. The van der Waals surface area contributed by atoms with Crippen molar-refractivity contribution in [3.05, 3.63) is 22.3 Å². The molecule has 94 valence electrons. The SMILES string of the molecule is CN1C(=O)C2(CCC(=O)CC2)c2cc(Br)cnc21. The van der Waals surface area contributed by atoms with Crippen LogP contribution in [0.1, 0.15) is 31.2 Å². The number of hydrogen-bond acceptors (Lipinski definition) is 3. The molecule has 1 aromatic heterocycles. The number of pyridine rings is 1. The highest BCUT2D eigenvalue weighted by molar-refractivity contribution is 9.10. The van der Waals surface area contributed by atoms with Gasteiger partial charge in [-0.05, 0) is 34.8 Å². The zero-order valence-electron chi connectivity index (χ0n) is 10.1. The van der Waals surface area contributed by atoms with Crippen LogP contribution >= 0.6 is 15.9 Å². The molecule has 3 rings (SSSR count). The summed E-state index contributed by atoms with van der Waals surface area (Å²) in [5, 5.41) is 0. The van der Waals surface area contributed by atoms with E-state index in [2.05, 4.69) is 20.9 Å². The lowest BCUT2D eigenvalue weighted by atomic mass is 9.70. The summed E-state index contributed by atoms with van der Waals surface area (Å²) in [7, 11) is 1.76. The van der Waals surface area contributed by atoms with Crippen LogP contribution < -0.4 is 4.90 Å². The zero-order valence-corrected chi connectivity index (χ0v) is 11.7. The smallest absolute Gasteiger partial charge is 0.238 e. The van der Waals surface area contributed by atoms with Gasteiger partial charge >= 0.3 is 0 Å². The molecule has 4 nitrogen and oxygen atoms in total. The first-order valence-corrected chi connectivity index (χ1v) is 6.80. The van der Waals surface area contributed by atoms with Crippen molar-refractivity contribution in [1.82, 2.24) is 4.98 Å². The molecule has 0 radical (unpaired) electrons. The first-order valence-electron chi connectivity index (χ1n) is 6.00. The quantitative estimate of drug-likeness (QED) is 0.738. The van der Waals surface area contributed by atoms with Crippen molar-refractivity contribution >= 4 is 33.4 Å². The van der Waals surface area contributed by atoms with E-state index in [4.69, 9.17) is 0 Å². The van der Waals surface area contributed by atoms with Gasteiger partial charge in [-0.25, -0.2) is 4.98 Å². The minimum atomic E-state index is -0.519. The number of nitrogens with zero attached hydrogens (tertiary/aromatic N) is 2. The molecule has 0 unspecified atom stereocenters. The average Bonchev–Trinajstić information content (AvgIpc) is 2.56. The Hall–Kier alpha value is -1.23. The molecular formula is C13H13BrN2O2. The van der Waals surface area contributed by atoms with Crippen molar-refractivity contribution in [2.45, 2.75) is 31.1 Å². The average molecular weight is 309 g/mol. The maximum atomic E-state index is 12.5. The molecule has 1 saturated carbocycles. The third-order valence-corrected chi connectivity index (χ3v) is 4.48. The summed E-state index contributed by atoms with van der Waals surface area (Å²) in [6, 6.07) is 1.97. The third-order valence-electron chi connectivity index (χ3n) is 4.04. The minimum absolute atomic E-state index is 0.0793. The lowest BCUT2D eigenvalue weighted by Gasteiger charge is -2.31. The van der Waals surface area contributed by atoms with E-state index >= 15 is 0 Å². The van der Waals surface area contributed by atoms with Crippen molar-refractivity contribution in [2.75, 3.05) is 11.9 Å². The standard InChI is InChI=1S/C13H13BrN2O2/c1-16-11-10(6-8(14)7-15-11)13(12(16)18)4-2-9(17)3-5-13/h6-7H,2-5H2,1H3. The molecule has 18 heavy (non-hydrogen) atoms. The second kappa shape index (κ2) is 3.88. The molecule has 2 aliphatic rings. The Balaban J connectivity index is 2.14. The number of rotatable bonds is 0. The second-order valence-corrected chi connectivity index (χ2v) is 5.93. The fourth-order valence-corrected chi connectivity index (χ4v) is 3.35. The lowest BCUT2D eigenvalue weighted by molar-refractivity contribution is -0.127. The van der Waals surface area contributed by atoms with Crippen LogP contribution in [-0.4, -0.2) is 23.7 Å². The number of fused-ring (bicyclic) bond motifs is 2. The number of Topliss-reactive ketones (excluding diaryl/α,β-unsaturated/α-hetero) is 1. The van der Waals surface area contributed by atoms with Crippen LogP contribution in [0.4, 0.5) is 5.82 Å². The lowest BCUT2D eigenvalue weighted by Crippen LogP contribution is -2.41. The fourth-order valence-electron chi connectivity index (χ4n) is 3.02. The van der Waals surface area contributed by atoms with E-state index in [0.717, 1.165) is 15.9 Å². The fraction of sp³-hybridized carbons (Fsp3) is 0.462. The summed E-state index contributed by atoms with van der Waals surface area (Å²) >= 11 is 3.41. The van der Waals surface area contributed by atoms with E-state index in [1.54, 1.807) is 18.1 Å². The van der Waals surface area contributed by atoms with Crippen molar-refractivity contribution in [2.24, 2.45) is 0 Å². The molecule has 0 aromatic carbocycles. The Morgan fingerprint density at radius 1 is 1.33 bits per heavy atom. The highest BCUT2D eigenvalue weighted by atomic mass is 79.9. The van der Waals surface area contributed by atoms with Crippen molar-refractivity contribution in [3.8, 4) is 0 Å². The number of carbonyl (C=O) groups is 2. The highest BCUT2D eigenvalue weighted by Gasteiger charge is 2.51. The Morgan fingerprint density at radius 2 is 2.00 bits per heavy atom. The number of likely N-dealkylation sites (N-methyl/N-ethyl adjacent to an activating group) is 1.